The third-order valence-electron chi connectivity index (χ3n) is 3.28. The molecule has 0 aliphatic heterocycles. The molecule has 5 heteroatoms. The van der Waals surface area contributed by atoms with Crippen LogP contribution in [-0.2, 0) is 13.5 Å². The molecule has 0 radical (unpaired) electrons. The maximum absolute atomic E-state index is 4.23. The van der Waals surface area contributed by atoms with Crippen LogP contribution in [0.25, 0.3) is 0 Å². The highest BCUT2D eigenvalue weighted by atomic mass is 15.6. The van der Waals surface area contributed by atoms with Gasteiger partial charge < -0.3 is 5.32 Å². The Kier molecular flexibility index (Phi) is 4.25. The van der Waals surface area contributed by atoms with Crippen LogP contribution in [0.2, 0.25) is 0 Å². The van der Waals surface area contributed by atoms with Gasteiger partial charge in [0.05, 0.1) is 7.05 Å². The maximum atomic E-state index is 4.23. The van der Waals surface area contributed by atoms with Gasteiger partial charge in [0.2, 0.25) is 0 Å². The van der Waals surface area contributed by atoms with Crippen molar-refractivity contribution >= 4 is 0 Å². The van der Waals surface area contributed by atoms with Gasteiger partial charge in [0.1, 0.15) is 0 Å². The summed E-state index contributed by atoms with van der Waals surface area (Å²) < 4.78 is 0. The molecule has 0 saturated carbocycles. The zero-order valence-corrected chi connectivity index (χ0v) is 10.7. The summed E-state index contributed by atoms with van der Waals surface area (Å²) in [6, 6.07) is 0.420. The van der Waals surface area contributed by atoms with Crippen LogP contribution in [0.3, 0.4) is 0 Å². The molecule has 2 rings (SSSR count). The lowest BCUT2D eigenvalue weighted by atomic mass is 9.93. The Hall–Kier alpha value is -1.23. The van der Waals surface area contributed by atoms with Crippen molar-refractivity contribution in [2.45, 2.75) is 44.6 Å². The van der Waals surface area contributed by atoms with Crippen LogP contribution in [0.15, 0.2) is 11.6 Å². The first-order valence-electron chi connectivity index (χ1n) is 6.36. The molecule has 1 aromatic rings. The molecule has 1 aliphatic rings. The summed E-state index contributed by atoms with van der Waals surface area (Å²) in [5.74, 6) is 0.822. The molecular weight excluding hydrogens is 214 g/mol. The summed E-state index contributed by atoms with van der Waals surface area (Å²) in [5, 5.41) is 15.5. The standard InChI is InChI=1S/C12H21N5/c1-13-11(8-10-6-4-3-5-7-10)9-12-14-16-17(2)15-12/h6,11,13H,3-5,7-9H2,1-2H3. The number of hydrogen-bond donors (Lipinski definition) is 1. The Morgan fingerprint density at radius 1 is 1.41 bits per heavy atom. The number of allylic oxidation sites excluding steroid dienone is 1. The van der Waals surface area contributed by atoms with Crippen molar-refractivity contribution in [2.24, 2.45) is 7.05 Å². The summed E-state index contributed by atoms with van der Waals surface area (Å²) in [6.07, 6.45) is 9.54. The van der Waals surface area contributed by atoms with E-state index >= 15 is 0 Å². The fraction of sp³-hybridized carbons (Fsp3) is 0.750. The van der Waals surface area contributed by atoms with Crippen LogP contribution >= 0.6 is 0 Å². The van der Waals surface area contributed by atoms with Gasteiger partial charge in [0.15, 0.2) is 5.82 Å². The first-order valence-corrected chi connectivity index (χ1v) is 6.36. The molecule has 1 heterocycles. The van der Waals surface area contributed by atoms with E-state index in [1.807, 2.05) is 7.05 Å². The van der Waals surface area contributed by atoms with Gasteiger partial charge in [0.25, 0.3) is 0 Å². The summed E-state index contributed by atoms with van der Waals surface area (Å²) in [7, 11) is 3.80. The largest absolute Gasteiger partial charge is 0.316 e. The molecule has 1 unspecified atom stereocenters. The number of aryl methyl sites for hydroxylation is 1. The van der Waals surface area contributed by atoms with Gasteiger partial charge in [-0.15, -0.1) is 10.2 Å². The molecule has 94 valence electrons. The number of tetrazole rings is 1. The quantitative estimate of drug-likeness (QED) is 0.780. The fourth-order valence-electron chi connectivity index (χ4n) is 2.31. The molecule has 5 nitrogen and oxygen atoms in total. The van der Waals surface area contributed by atoms with Crippen LogP contribution in [0.5, 0.6) is 0 Å². The number of nitrogens with zero attached hydrogens (tertiary/aromatic N) is 4. The lowest BCUT2D eigenvalue weighted by molar-refractivity contribution is 0.520. The Labute approximate surface area is 102 Å². The van der Waals surface area contributed by atoms with Crippen LogP contribution in [0.1, 0.15) is 37.9 Å². The predicted octanol–water partition coefficient (Wildman–Crippen LogP) is 1.23. The predicted molar refractivity (Wildman–Crippen MR) is 66.5 cm³/mol. The van der Waals surface area contributed by atoms with Gasteiger partial charge in [-0.25, -0.2) is 0 Å². The van der Waals surface area contributed by atoms with Crippen molar-refractivity contribution in [3.63, 3.8) is 0 Å². The highest BCUT2D eigenvalue weighted by molar-refractivity contribution is 5.07. The van der Waals surface area contributed by atoms with Crippen LogP contribution < -0.4 is 5.32 Å². The molecule has 0 fully saturated rings. The van der Waals surface area contributed by atoms with E-state index in [0.29, 0.717) is 6.04 Å². The van der Waals surface area contributed by atoms with Crippen LogP contribution in [0.4, 0.5) is 0 Å². The number of nitrogens with one attached hydrogen (secondary N) is 1. The van der Waals surface area contributed by atoms with E-state index < -0.39 is 0 Å². The van der Waals surface area contributed by atoms with Gasteiger partial charge in [-0.05, 0) is 44.4 Å². The van der Waals surface area contributed by atoms with E-state index in [-0.39, 0.29) is 0 Å². The van der Waals surface area contributed by atoms with E-state index in [1.165, 1.54) is 30.5 Å². The van der Waals surface area contributed by atoms with Gasteiger partial charge in [-0.1, -0.05) is 11.6 Å². The molecule has 0 bridgehead atoms. The van der Waals surface area contributed by atoms with Gasteiger partial charge in [-0.3, -0.25) is 0 Å². The third kappa shape index (κ3) is 3.63. The smallest absolute Gasteiger partial charge is 0.176 e. The van der Waals surface area contributed by atoms with E-state index in [4.69, 9.17) is 0 Å². The minimum Gasteiger partial charge on any atom is -0.316 e. The lowest BCUT2D eigenvalue weighted by Gasteiger charge is -2.19. The van der Waals surface area contributed by atoms with Crippen molar-refractivity contribution < 1.29 is 0 Å². The van der Waals surface area contributed by atoms with Crippen molar-refractivity contribution in [3.05, 3.63) is 17.5 Å². The average molecular weight is 235 g/mol. The number of hydrogen-bond acceptors (Lipinski definition) is 4. The topological polar surface area (TPSA) is 55.6 Å². The zero-order chi connectivity index (χ0) is 12.1. The monoisotopic (exact) mass is 235 g/mol. The summed E-state index contributed by atoms with van der Waals surface area (Å²) in [4.78, 5) is 1.52. The highest BCUT2D eigenvalue weighted by Crippen LogP contribution is 2.21. The van der Waals surface area contributed by atoms with Crippen molar-refractivity contribution in [1.82, 2.24) is 25.5 Å². The Morgan fingerprint density at radius 3 is 2.88 bits per heavy atom. The molecule has 0 aromatic carbocycles. The second-order valence-corrected chi connectivity index (χ2v) is 4.70. The van der Waals surface area contributed by atoms with Gasteiger partial charge in [0, 0.05) is 12.5 Å². The van der Waals surface area contributed by atoms with E-state index in [1.54, 1.807) is 12.6 Å². The first kappa shape index (κ1) is 12.2. The molecule has 1 N–H and O–H groups in total. The zero-order valence-electron chi connectivity index (χ0n) is 10.7. The molecule has 1 atom stereocenters. The van der Waals surface area contributed by atoms with Crippen LogP contribution in [-0.4, -0.2) is 33.3 Å². The molecule has 17 heavy (non-hydrogen) atoms. The minimum atomic E-state index is 0.420. The second-order valence-electron chi connectivity index (χ2n) is 4.70. The average Bonchev–Trinajstić information content (AvgIpc) is 2.75. The molecule has 1 aliphatic carbocycles. The van der Waals surface area contributed by atoms with E-state index in [0.717, 1.165) is 18.7 Å². The third-order valence-corrected chi connectivity index (χ3v) is 3.28. The molecule has 0 saturated heterocycles. The maximum Gasteiger partial charge on any atom is 0.176 e. The summed E-state index contributed by atoms with van der Waals surface area (Å²) in [5.41, 5.74) is 1.58. The number of rotatable bonds is 5. The number of aromatic nitrogens is 4. The van der Waals surface area contributed by atoms with Crippen molar-refractivity contribution in [3.8, 4) is 0 Å². The lowest BCUT2D eigenvalue weighted by Crippen LogP contribution is -2.28. The first-order chi connectivity index (χ1) is 8.28. The molecular formula is C12H21N5. The SMILES string of the molecule is CNC(CC1=CCCCC1)Cc1nnn(C)n1. The second kappa shape index (κ2) is 5.91. The van der Waals surface area contributed by atoms with E-state index in [9.17, 15) is 0 Å². The normalized spacial score (nSPS) is 17.9. The fourth-order valence-corrected chi connectivity index (χ4v) is 2.31. The number of likely N-dealkylation sites (N-methyl/N-ethyl adjacent to an activating group) is 1. The van der Waals surface area contributed by atoms with E-state index in [2.05, 4.69) is 26.8 Å². The Balaban J connectivity index is 1.90. The summed E-state index contributed by atoms with van der Waals surface area (Å²) in [6.45, 7) is 0. The Morgan fingerprint density at radius 2 is 2.29 bits per heavy atom. The molecule has 0 amide bonds. The highest BCUT2D eigenvalue weighted by Gasteiger charge is 2.14. The summed E-state index contributed by atoms with van der Waals surface area (Å²) >= 11 is 0. The van der Waals surface area contributed by atoms with Gasteiger partial charge >= 0.3 is 0 Å². The van der Waals surface area contributed by atoms with Gasteiger partial charge in [-0.2, -0.15) is 4.80 Å². The molecule has 1 aromatic heterocycles. The Bertz CT molecular complexity index is 382. The van der Waals surface area contributed by atoms with Crippen molar-refractivity contribution in [2.75, 3.05) is 7.05 Å². The van der Waals surface area contributed by atoms with Crippen LogP contribution in [0, 0.1) is 0 Å². The molecule has 0 spiro atoms. The minimum absolute atomic E-state index is 0.420. The van der Waals surface area contributed by atoms with Crippen molar-refractivity contribution in [1.29, 1.82) is 0 Å².